The van der Waals surface area contributed by atoms with Crippen molar-refractivity contribution in [3.05, 3.63) is 0 Å². The summed E-state index contributed by atoms with van der Waals surface area (Å²) in [7, 11) is -3.40. The number of hydrogen-bond acceptors (Lipinski definition) is 4. The van der Waals surface area contributed by atoms with Crippen LogP contribution in [-0.4, -0.2) is 55.1 Å². The third-order valence-corrected chi connectivity index (χ3v) is 7.54. The molecule has 1 heterocycles. The Bertz CT molecular complexity index is 408. The molecule has 1 aliphatic carbocycles. The summed E-state index contributed by atoms with van der Waals surface area (Å²) >= 11 is 1.79. The van der Waals surface area contributed by atoms with E-state index < -0.39 is 10.2 Å². The third-order valence-electron chi connectivity index (χ3n) is 4.60. The molecular weight excluding hydrogens is 296 g/mol. The first-order valence-corrected chi connectivity index (χ1v) is 10.1. The Labute approximate surface area is 126 Å². The Balaban J connectivity index is 1.93. The van der Waals surface area contributed by atoms with Gasteiger partial charge in [0.25, 0.3) is 10.2 Å². The highest BCUT2D eigenvalue weighted by molar-refractivity contribution is 8.00. The van der Waals surface area contributed by atoms with Crippen LogP contribution in [0.5, 0.6) is 0 Å². The van der Waals surface area contributed by atoms with Crippen molar-refractivity contribution in [2.45, 2.75) is 43.3 Å². The molecule has 0 spiro atoms. The lowest BCUT2D eigenvalue weighted by Crippen LogP contribution is -2.49. The highest BCUT2D eigenvalue weighted by Crippen LogP contribution is 2.39. The highest BCUT2D eigenvalue weighted by atomic mass is 32.2. The maximum atomic E-state index is 12.4. The summed E-state index contributed by atoms with van der Waals surface area (Å²) in [5, 5.41) is 9.21. The number of rotatable bonds is 6. The molecule has 1 unspecified atom stereocenters. The van der Waals surface area contributed by atoms with Gasteiger partial charge in [-0.2, -0.15) is 24.5 Å². The summed E-state index contributed by atoms with van der Waals surface area (Å²) in [4.78, 5) is 0. The SMILES string of the molecule is CSC1(CNS(=O)(=O)N2CCCC(CO)C2)CCCC1. The van der Waals surface area contributed by atoms with E-state index in [4.69, 9.17) is 0 Å². The van der Waals surface area contributed by atoms with Crippen LogP contribution in [0, 0.1) is 5.92 Å². The summed E-state index contributed by atoms with van der Waals surface area (Å²) in [5.74, 6) is 0.0846. The molecule has 0 bridgehead atoms. The Morgan fingerprint density at radius 2 is 2.05 bits per heavy atom. The zero-order valence-corrected chi connectivity index (χ0v) is 13.8. The summed E-state index contributed by atoms with van der Waals surface area (Å²) < 4.78 is 29.2. The minimum absolute atomic E-state index is 0.0702. The molecule has 7 heteroatoms. The molecule has 2 N–H and O–H groups in total. The lowest BCUT2D eigenvalue weighted by atomic mass is 10.0. The molecule has 118 valence electrons. The van der Waals surface area contributed by atoms with E-state index in [2.05, 4.69) is 11.0 Å². The fraction of sp³-hybridized carbons (Fsp3) is 1.00. The van der Waals surface area contributed by atoms with Gasteiger partial charge in [0.2, 0.25) is 0 Å². The van der Waals surface area contributed by atoms with E-state index in [0.29, 0.717) is 19.6 Å². The molecule has 0 aromatic heterocycles. The van der Waals surface area contributed by atoms with E-state index in [1.807, 2.05) is 0 Å². The van der Waals surface area contributed by atoms with Gasteiger partial charge >= 0.3 is 0 Å². The molecule has 2 rings (SSSR count). The Hall–Kier alpha value is 0.180. The first-order valence-electron chi connectivity index (χ1n) is 7.42. The van der Waals surface area contributed by atoms with Crippen molar-refractivity contribution in [1.82, 2.24) is 9.03 Å². The van der Waals surface area contributed by atoms with E-state index in [1.165, 1.54) is 17.1 Å². The molecule has 5 nitrogen and oxygen atoms in total. The molecule has 2 fully saturated rings. The van der Waals surface area contributed by atoms with Crippen LogP contribution in [0.15, 0.2) is 0 Å². The van der Waals surface area contributed by atoms with Crippen molar-refractivity contribution in [2.75, 3.05) is 32.5 Å². The van der Waals surface area contributed by atoms with Crippen LogP contribution < -0.4 is 4.72 Å². The first-order chi connectivity index (χ1) is 9.51. The Kier molecular flexibility index (Phi) is 5.76. The van der Waals surface area contributed by atoms with Crippen molar-refractivity contribution < 1.29 is 13.5 Å². The van der Waals surface area contributed by atoms with Gasteiger partial charge in [-0.25, -0.2) is 4.72 Å². The van der Waals surface area contributed by atoms with Gasteiger partial charge in [0.15, 0.2) is 0 Å². The van der Waals surface area contributed by atoms with Crippen molar-refractivity contribution in [2.24, 2.45) is 5.92 Å². The van der Waals surface area contributed by atoms with Gasteiger partial charge in [0, 0.05) is 31.0 Å². The second kappa shape index (κ2) is 6.96. The van der Waals surface area contributed by atoms with Crippen LogP contribution >= 0.6 is 11.8 Å². The largest absolute Gasteiger partial charge is 0.396 e. The number of thioether (sulfide) groups is 1. The second-order valence-corrected chi connectivity index (χ2v) is 9.00. The normalized spacial score (nSPS) is 27.8. The molecular formula is C13H26N2O3S2. The van der Waals surface area contributed by atoms with Gasteiger partial charge in [-0.3, -0.25) is 0 Å². The average molecular weight is 322 g/mol. The minimum atomic E-state index is -3.40. The number of aliphatic hydroxyl groups is 1. The smallest absolute Gasteiger partial charge is 0.279 e. The second-order valence-electron chi connectivity index (χ2n) is 5.97. The lowest BCUT2D eigenvalue weighted by molar-refractivity contribution is 0.164. The predicted octanol–water partition coefficient (Wildman–Crippen LogP) is 1.20. The number of piperidine rings is 1. The number of aliphatic hydroxyl groups excluding tert-OH is 1. The average Bonchev–Trinajstić information content (AvgIpc) is 2.95. The highest BCUT2D eigenvalue weighted by Gasteiger charge is 2.36. The van der Waals surface area contributed by atoms with Gasteiger partial charge < -0.3 is 5.11 Å². The molecule has 1 saturated carbocycles. The third kappa shape index (κ3) is 3.88. The van der Waals surface area contributed by atoms with Gasteiger partial charge in [0.05, 0.1) is 0 Å². The van der Waals surface area contributed by atoms with Crippen LogP contribution in [-0.2, 0) is 10.2 Å². The van der Waals surface area contributed by atoms with Gasteiger partial charge in [-0.15, -0.1) is 0 Å². The van der Waals surface area contributed by atoms with Gasteiger partial charge in [0.1, 0.15) is 0 Å². The molecule has 0 aromatic rings. The molecule has 1 aliphatic heterocycles. The Morgan fingerprint density at radius 3 is 2.65 bits per heavy atom. The maximum Gasteiger partial charge on any atom is 0.279 e. The van der Waals surface area contributed by atoms with E-state index in [9.17, 15) is 13.5 Å². The molecule has 1 saturated heterocycles. The van der Waals surface area contributed by atoms with Crippen LogP contribution in [0.2, 0.25) is 0 Å². The van der Waals surface area contributed by atoms with E-state index >= 15 is 0 Å². The summed E-state index contributed by atoms with van der Waals surface area (Å²) in [5.41, 5.74) is 0. The molecule has 0 aromatic carbocycles. The van der Waals surface area contributed by atoms with E-state index in [0.717, 1.165) is 25.7 Å². The summed E-state index contributed by atoms with van der Waals surface area (Å²) in [6.45, 7) is 1.60. The van der Waals surface area contributed by atoms with Crippen molar-refractivity contribution in [1.29, 1.82) is 0 Å². The number of nitrogens with zero attached hydrogens (tertiary/aromatic N) is 1. The predicted molar refractivity (Wildman–Crippen MR) is 83.0 cm³/mol. The zero-order chi connectivity index (χ0) is 14.6. The summed E-state index contributed by atoms with van der Waals surface area (Å²) in [6, 6.07) is 0. The molecule has 2 aliphatic rings. The topological polar surface area (TPSA) is 69.6 Å². The van der Waals surface area contributed by atoms with Crippen molar-refractivity contribution in [3.8, 4) is 0 Å². The molecule has 20 heavy (non-hydrogen) atoms. The van der Waals surface area contributed by atoms with Crippen LogP contribution in [0.25, 0.3) is 0 Å². The van der Waals surface area contributed by atoms with E-state index in [-0.39, 0.29) is 17.3 Å². The Morgan fingerprint density at radius 1 is 1.35 bits per heavy atom. The lowest BCUT2D eigenvalue weighted by Gasteiger charge is -2.33. The zero-order valence-electron chi connectivity index (χ0n) is 12.2. The van der Waals surface area contributed by atoms with Crippen molar-refractivity contribution >= 4 is 22.0 Å². The molecule has 0 amide bonds. The van der Waals surface area contributed by atoms with Crippen molar-refractivity contribution in [3.63, 3.8) is 0 Å². The van der Waals surface area contributed by atoms with Gasteiger partial charge in [-0.1, -0.05) is 12.8 Å². The number of nitrogens with one attached hydrogen (secondary N) is 1. The minimum Gasteiger partial charge on any atom is -0.396 e. The molecule has 1 atom stereocenters. The van der Waals surface area contributed by atoms with Gasteiger partial charge in [-0.05, 0) is 37.9 Å². The quantitative estimate of drug-likeness (QED) is 0.771. The maximum absolute atomic E-state index is 12.4. The first kappa shape index (κ1) is 16.5. The van der Waals surface area contributed by atoms with Crippen LogP contribution in [0.4, 0.5) is 0 Å². The summed E-state index contributed by atoms with van der Waals surface area (Å²) in [6.07, 6.45) is 8.39. The molecule has 0 radical (unpaired) electrons. The van der Waals surface area contributed by atoms with E-state index in [1.54, 1.807) is 11.8 Å². The fourth-order valence-electron chi connectivity index (χ4n) is 3.18. The standard InChI is InChI=1S/C13H26N2O3S2/c1-19-13(6-2-3-7-13)11-14-20(17,18)15-8-4-5-12(9-15)10-16/h12,14,16H,2-11H2,1H3. The monoisotopic (exact) mass is 322 g/mol. The van der Waals surface area contributed by atoms with Crippen LogP contribution in [0.3, 0.4) is 0 Å². The number of hydrogen-bond donors (Lipinski definition) is 2. The fourth-order valence-corrected chi connectivity index (χ4v) is 5.60. The van der Waals surface area contributed by atoms with Crippen LogP contribution in [0.1, 0.15) is 38.5 Å².